The molecule has 1 atom stereocenters. The number of rotatable bonds is 7. The molecule has 36 heavy (non-hydrogen) atoms. The van der Waals surface area contributed by atoms with E-state index in [4.69, 9.17) is 9.47 Å². The Labute approximate surface area is 210 Å². The molecule has 3 aromatic rings. The Kier molecular flexibility index (Phi) is 7.31. The van der Waals surface area contributed by atoms with Crippen LogP contribution in [0.25, 0.3) is 0 Å². The fourth-order valence-electron chi connectivity index (χ4n) is 5.36. The first-order valence-electron chi connectivity index (χ1n) is 12.5. The zero-order valence-electron chi connectivity index (χ0n) is 20.2. The summed E-state index contributed by atoms with van der Waals surface area (Å²) in [4.78, 5) is 26.9. The number of carbonyl (C=O) groups is 2. The first-order chi connectivity index (χ1) is 17.6. The highest BCUT2D eigenvalue weighted by atomic mass is 19.1. The van der Waals surface area contributed by atoms with Crippen LogP contribution >= 0.6 is 0 Å². The Bertz CT molecular complexity index is 1200. The molecular formula is C30H30FNO4. The molecule has 2 aliphatic heterocycles. The number of benzene rings is 3. The number of amides is 1. The maximum Gasteiger partial charge on any atom is 0.253 e. The molecule has 5 nitrogen and oxygen atoms in total. The van der Waals surface area contributed by atoms with Crippen molar-refractivity contribution in [2.24, 2.45) is 5.92 Å². The highest BCUT2D eigenvalue weighted by Crippen LogP contribution is 2.39. The quantitative estimate of drug-likeness (QED) is 0.458. The predicted molar refractivity (Wildman–Crippen MR) is 135 cm³/mol. The molecule has 0 radical (unpaired) electrons. The lowest BCUT2D eigenvalue weighted by Crippen LogP contribution is -2.40. The number of alkyl halides is 1. The van der Waals surface area contributed by atoms with E-state index < -0.39 is 6.67 Å². The third-order valence-electron chi connectivity index (χ3n) is 7.13. The van der Waals surface area contributed by atoms with Gasteiger partial charge in [0, 0.05) is 36.6 Å². The maximum atomic E-state index is 13.3. The van der Waals surface area contributed by atoms with E-state index in [1.807, 2.05) is 23.1 Å². The summed E-state index contributed by atoms with van der Waals surface area (Å²) in [7, 11) is 0. The molecule has 3 aromatic carbocycles. The van der Waals surface area contributed by atoms with Crippen molar-refractivity contribution in [1.82, 2.24) is 4.90 Å². The molecule has 1 saturated heterocycles. The number of hydrogen-bond acceptors (Lipinski definition) is 4. The lowest BCUT2D eigenvalue weighted by molar-refractivity contribution is -0.121. The summed E-state index contributed by atoms with van der Waals surface area (Å²) in [5, 5.41) is 0. The Morgan fingerprint density at radius 3 is 2.44 bits per heavy atom. The average molecular weight is 488 g/mol. The van der Waals surface area contributed by atoms with E-state index in [0.717, 1.165) is 18.4 Å². The van der Waals surface area contributed by atoms with Gasteiger partial charge < -0.3 is 14.4 Å². The SMILES string of the molecule is O=C1COc2ccc(C(=O)N3CCC(C(c4ccccc4)c4ccc(OCCF)cc4)CC3)cc2C1. The summed E-state index contributed by atoms with van der Waals surface area (Å²) >= 11 is 0. The topological polar surface area (TPSA) is 55.8 Å². The normalized spacial score (nSPS) is 16.7. The van der Waals surface area contributed by atoms with Gasteiger partial charge in [-0.2, -0.15) is 0 Å². The van der Waals surface area contributed by atoms with Crippen LogP contribution in [0.1, 0.15) is 45.8 Å². The Morgan fingerprint density at radius 2 is 1.72 bits per heavy atom. The van der Waals surface area contributed by atoms with E-state index in [0.29, 0.717) is 42.5 Å². The average Bonchev–Trinajstić information content (AvgIpc) is 2.93. The zero-order chi connectivity index (χ0) is 24.9. The van der Waals surface area contributed by atoms with Gasteiger partial charge in [-0.05, 0) is 60.2 Å². The molecule has 1 fully saturated rings. The second-order valence-corrected chi connectivity index (χ2v) is 9.45. The number of carbonyl (C=O) groups excluding carboxylic acids is 2. The molecule has 2 heterocycles. The number of ether oxygens (including phenoxy) is 2. The van der Waals surface area contributed by atoms with Gasteiger partial charge in [0.2, 0.25) is 0 Å². The van der Waals surface area contributed by atoms with E-state index >= 15 is 0 Å². The molecule has 0 N–H and O–H groups in total. The lowest BCUT2D eigenvalue weighted by atomic mass is 9.76. The molecule has 1 amide bonds. The summed E-state index contributed by atoms with van der Waals surface area (Å²) in [5.74, 6) is 1.97. The molecule has 1 unspecified atom stereocenters. The third kappa shape index (κ3) is 5.27. The molecule has 0 bridgehead atoms. The van der Waals surface area contributed by atoms with Crippen molar-refractivity contribution in [3.8, 4) is 11.5 Å². The smallest absolute Gasteiger partial charge is 0.253 e. The predicted octanol–water partition coefficient (Wildman–Crippen LogP) is 5.22. The number of halogens is 1. The summed E-state index contributed by atoms with van der Waals surface area (Å²) < 4.78 is 23.4. The van der Waals surface area contributed by atoms with E-state index in [9.17, 15) is 14.0 Å². The molecule has 2 aliphatic rings. The van der Waals surface area contributed by atoms with Crippen molar-refractivity contribution in [1.29, 1.82) is 0 Å². The van der Waals surface area contributed by atoms with Crippen LogP contribution in [0.4, 0.5) is 4.39 Å². The van der Waals surface area contributed by atoms with Crippen molar-refractivity contribution < 1.29 is 23.5 Å². The molecule has 0 spiro atoms. The van der Waals surface area contributed by atoms with E-state index in [1.54, 1.807) is 18.2 Å². The Hall–Kier alpha value is -3.67. The summed E-state index contributed by atoms with van der Waals surface area (Å²) in [6.07, 6.45) is 2.09. The molecule has 5 rings (SSSR count). The van der Waals surface area contributed by atoms with E-state index in [2.05, 4.69) is 36.4 Å². The van der Waals surface area contributed by atoms with Gasteiger partial charge in [0.15, 0.2) is 5.78 Å². The molecule has 0 saturated carbocycles. The van der Waals surface area contributed by atoms with Gasteiger partial charge in [0.1, 0.15) is 31.4 Å². The number of hydrogen-bond donors (Lipinski definition) is 0. The number of Topliss-reactive ketones (excluding diaryl/α,β-unsaturated/α-hetero) is 1. The number of ketones is 1. The fraction of sp³-hybridized carbons (Fsp3) is 0.333. The molecule has 0 aliphatic carbocycles. The van der Waals surface area contributed by atoms with Crippen LogP contribution in [0.2, 0.25) is 0 Å². The lowest BCUT2D eigenvalue weighted by Gasteiger charge is -2.37. The minimum atomic E-state index is -0.511. The summed E-state index contributed by atoms with van der Waals surface area (Å²) in [5.41, 5.74) is 3.83. The zero-order valence-corrected chi connectivity index (χ0v) is 20.2. The van der Waals surface area contributed by atoms with Crippen LogP contribution in [0, 0.1) is 5.92 Å². The van der Waals surface area contributed by atoms with E-state index in [1.165, 1.54) is 11.1 Å². The Morgan fingerprint density at radius 1 is 1.00 bits per heavy atom. The monoisotopic (exact) mass is 487 g/mol. The highest BCUT2D eigenvalue weighted by molar-refractivity contribution is 5.95. The van der Waals surface area contributed by atoms with Gasteiger partial charge >= 0.3 is 0 Å². The first kappa shape index (κ1) is 24.0. The van der Waals surface area contributed by atoms with Gasteiger partial charge in [0.05, 0.1) is 0 Å². The van der Waals surface area contributed by atoms with E-state index in [-0.39, 0.29) is 30.8 Å². The Balaban J connectivity index is 1.30. The minimum absolute atomic E-state index is 0.0000943. The van der Waals surface area contributed by atoms with Gasteiger partial charge in [-0.15, -0.1) is 0 Å². The molecule has 186 valence electrons. The van der Waals surface area contributed by atoms with Crippen LogP contribution in [0.15, 0.2) is 72.8 Å². The second-order valence-electron chi connectivity index (χ2n) is 9.45. The maximum absolute atomic E-state index is 13.3. The molecule has 0 aromatic heterocycles. The third-order valence-corrected chi connectivity index (χ3v) is 7.13. The fourth-order valence-corrected chi connectivity index (χ4v) is 5.36. The van der Waals surface area contributed by atoms with Gasteiger partial charge in [-0.3, -0.25) is 9.59 Å². The van der Waals surface area contributed by atoms with Crippen molar-refractivity contribution >= 4 is 11.7 Å². The van der Waals surface area contributed by atoms with Gasteiger partial charge in [0.25, 0.3) is 5.91 Å². The second kappa shape index (κ2) is 10.9. The van der Waals surface area contributed by atoms with Crippen molar-refractivity contribution in [2.45, 2.75) is 25.2 Å². The van der Waals surface area contributed by atoms with Crippen molar-refractivity contribution in [3.63, 3.8) is 0 Å². The number of fused-ring (bicyclic) bond motifs is 1. The van der Waals surface area contributed by atoms with Gasteiger partial charge in [-0.1, -0.05) is 42.5 Å². The van der Waals surface area contributed by atoms with Gasteiger partial charge in [-0.25, -0.2) is 4.39 Å². The highest BCUT2D eigenvalue weighted by Gasteiger charge is 2.31. The van der Waals surface area contributed by atoms with Crippen molar-refractivity contribution in [3.05, 3.63) is 95.1 Å². The van der Waals surface area contributed by atoms with Crippen LogP contribution < -0.4 is 9.47 Å². The number of piperidine rings is 1. The number of likely N-dealkylation sites (tertiary alicyclic amines) is 1. The minimum Gasteiger partial charge on any atom is -0.491 e. The summed E-state index contributed by atoms with van der Waals surface area (Å²) in [6.45, 7) is 1.00. The van der Waals surface area contributed by atoms with Crippen LogP contribution in [0.3, 0.4) is 0 Å². The molecular weight excluding hydrogens is 457 g/mol. The molecule has 6 heteroatoms. The van der Waals surface area contributed by atoms with Crippen LogP contribution in [-0.2, 0) is 11.2 Å². The van der Waals surface area contributed by atoms with Crippen LogP contribution in [0.5, 0.6) is 11.5 Å². The largest absolute Gasteiger partial charge is 0.491 e. The number of nitrogens with zero attached hydrogens (tertiary/aromatic N) is 1. The van der Waals surface area contributed by atoms with Crippen LogP contribution in [-0.4, -0.2) is 49.6 Å². The standard InChI is InChI=1S/C30H30FNO4/c31-14-17-35-27-9-6-22(7-10-27)29(21-4-2-1-3-5-21)23-12-15-32(16-13-23)30(34)24-8-11-28-25(18-24)19-26(33)20-36-28/h1-11,18,23,29H,12-17,19-20H2. The van der Waals surface area contributed by atoms with Crippen molar-refractivity contribution in [2.75, 3.05) is 33.0 Å². The summed E-state index contributed by atoms with van der Waals surface area (Å²) in [6, 6.07) is 23.8. The first-order valence-corrected chi connectivity index (χ1v) is 12.5.